The first-order valence-corrected chi connectivity index (χ1v) is 7.22. The Balaban J connectivity index is 0.00000361. The van der Waals surface area contributed by atoms with Crippen molar-refractivity contribution < 1.29 is 14.3 Å². The van der Waals surface area contributed by atoms with Crippen LogP contribution in [0.1, 0.15) is 40.0 Å². The fourth-order valence-electron chi connectivity index (χ4n) is 3.12. The molecule has 0 aromatic rings. The van der Waals surface area contributed by atoms with Crippen molar-refractivity contribution in [1.29, 1.82) is 0 Å². The maximum absolute atomic E-state index is 12.0. The predicted octanol–water partition coefficient (Wildman–Crippen LogP) is 1.48. The van der Waals surface area contributed by atoms with Crippen molar-refractivity contribution in [3.63, 3.8) is 0 Å². The lowest BCUT2D eigenvalue weighted by atomic mass is 9.58. The van der Waals surface area contributed by atoms with Gasteiger partial charge in [0.25, 0.3) is 0 Å². The fraction of sp³-hybridized carbons (Fsp3) is 0.929. The lowest BCUT2D eigenvalue weighted by Gasteiger charge is -2.55. The van der Waals surface area contributed by atoms with Crippen LogP contribution in [0, 0.1) is 5.41 Å². The maximum atomic E-state index is 12.0. The molecular formula is C14H29ClN2O3. The summed E-state index contributed by atoms with van der Waals surface area (Å²) >= 11 is 0. The highest BCUT2D eigenvalue weighted by Crippen LogP contribution is 2.48. The molecule has 20 heavy (non-hydrogen) atoms. The third kappa shape index (κ3) is 3.85. The summed E-state index contributed by atoms with van der Waals surface area (Å²) in [6.45, 7) is 7.29. The molecule has 1 saturated carbocycles. The quantitative estimate of drug-likeness (QED) is 0.712. The van der Waals surface area contributed by atoms with Gasteiger partial charge in [-0.05, 0) is 26.2 Å². The molecule has 0 heterocycles. The summed E-state index contributed by atoms with van der Waals surface area (Å²) < 4.78 is 10.7. The van der Waals surface area contributed by atoms with E-state index < -0.39 is 6.04 Å². The van der Waals surface area contributed by atoms with Crippen molar-refractivity contribution in [1.82, 2.24) is 5.32 Å². The van der Waals surface area contributed by atoms with Crippen molar-refractivity contribution in [3.8, 4) is 0 Å². The van der Waals surface area contributed by atoms with Crippen LogP contribution in [0.2, 0.25) is 0 Å². The number of hydrogen-bond acceptors (Lipinski definition) is 4. The van der Waals surface area contributed by atoms with Crippen LogP contribution in [0.3, 0.4) is 0 Å². The molecular weight excluding hydrogens is 280 g/mol. The Bertz CT molecular complexity index is 298. The summed E-state index contributed by atoms with van der Waals surface area (Å²) in [7, 11) is 1.55. The number of nitrogens with two attached hydrogens (primary N) is 1. The molecule has 0 aromatic heterocycles. The van der Waals surface area contributed by atoms with Gasteiger partial charge in [-0.15, -0.1) is 12.4 Å². The second-order valence-electron chi connectivity index (χ2n) is 5.24. The van der Waals surface area contributed by atoms with Gasteiger partial charge in [-0.2, -0.15) is 0 Å². The fourth-order valence-corrected chi connectivity index (χ4v) is 3.12. The van der Waals surface area contributed by atoms with Crippen molar-refractivity contribution in [3.05, 3.63) is 0 Å². The van der Waals surface area contributed by atoms with Gasteiger partial charge in [0.1, 0.15) is 6.04 Å². The van der Waals surface area contributed by atoms with E-state index >= 15 is 0 Å². The van der Waals surface area contributed by atoms with E-state index in [1.165, 1.54) is 0 Å². The van der Waals surface area contributed by atoms with Crippen LogP contribution < -0.4 is 11.1 Å². The van der Waals surface area contributed by atoms with E-state index in [0.29, 0.717) is 0 Å². The lowest BCUT2D eigenvalue weighted by molar-refractivity contribution is -0.149. The van der Waals surface area contributed by atoms with E-state index in [0.717, 1.165) is 25.9 Å². The van der Waals surface area contributed by atoms with Crippen LogP contribution in [0.5, 0.6) is 0 Å². The highest BCUT2D eigenvalue weighted by molar-refractivity contribution is 5.85. The average Bonchev–Trinajstić information content (AvgIpc) is 2.39. The molecule has 3 N–H and O–H groups in total. The van der Waals surface area contributed by atoms with Gasteiger partial charge in [-0.1, -0.05) is 13.8 Å². The summed E-state index contributed by atoms with van der Waals surface area (Å²) in [6, 6.07) is -0.433. The summed E-state index contributed by atoms with van der Waals surface area (Å²) in [5.74, 6) is -0.131. The Morgan fingerprint density at radius 1 is 1.40 bits per heavy atom. The van der Waals surface area contributed by atoms with Crippen LogP contribution in [-0.4, -0.2) is 44.4 Å². The van der Waals surface area contributed by atoms with E-state index in [4.69, 9.17) is 15.2 Å². The molecule has 1 rings (SSSR count). The second-order valence-corrected chi connectivity index (χ2v) is 5.24. The first-order chi connectivity index (χ1) is 9.05. The van der Waals surface area contributed by atoms with Gasteiger partial charge >= 0.3 is 0 Å². The molecule has 6 heteroatoms. The second kappa shape index (κ2) is 8.82. The van der Waals surface area contributed by atoms with Gasteiger partial charge in [0.2, 0.25) is 5.91 Å². The van der Waals surface area contributed by atoms with Gasteiger partial charge in [0.05, 0.1) is 12.7 Å². The molecule has 0 saturated heterocycles. The zero-order valence-electron chi connectivity index (χ0n) is 13.0. The number of hydrogen-bond donors (Lipinski definition) is 2. The molecule has 5 nitrogen and oxygen atoms in total. The molecule has 1 amide bonds. The van der Waals surface area contributed by atoms with Crippen molar-refractivity contribution in [2.45, 2.75) is 58.2 Å². The van der Waals surface area contributed by atoms with E-state index in [1.54, 1.807) is 7.11 Å². The van der Waals surface area contributed by atoms with Crippen LogP contribution >= 0.6 is 12.4 Å². The molecule has 1 aliphatic carbocycles. The number of rotatable bonds is 8. The molecule has 0 bridgehead atoms. The van der Waals surface area contributed by atoms with Gasteiger partial charge < -0.3 is 20.5 Å². The lowest BCUT2D eigenvalue weighted by Crippen LogP contribution is -2.66. The third-order valence-corrected chi connectivity index (χ3v) is 4.47. The van der Waals surface area contributed by atoms with Crippen LogP contribution in [0.25, 0.3) is 0 Å². The predicted molar refractivity (Wildman–Crippen MR) is 82.1 cm³/mol. The summed E-state index contributed by atoms with van der Waals surface area (Å²) in [5, 5.41) is 3.06. The number of halogens is 1. The first-order valence-electron chi connectivity index (χ1n) is 7.22. The van der Waals surface area contributed by atoms with Crippen molar-refractivity contribution in [2.75, 3.05) is 20.3 Å². The summed E-state index contributed by atoms with van der Waals surface area (Å²) in [6.07, 6.45) is 3.12. The standard InChI is InChI=1S/C14H28N2O3.ClH/c1-5-14(6-2)11(8-12(14)19-7-3)16-13(17)10(15)9-18-4;/h10-12H,5-9,15H2,1-4H3,(H,16,17);1H. The highest BCUT2D eigenvalue weighted by atomic mass is 35.5. The molecule has 3 unspecified atom stereocenters. The number of methoxy groups -OCH3 is 1. The minimum absolute atomic E-state index is 0. The normalized spacial score (nSPS) is 25.2. The third-order valence-electron chi connectivity index (χ3n) is 4.47. The number of amides is 1. The number of carbonyl (C=O) groups excluding carboxylic acids is 1. The van der Waals surface area contributed by atoms with Crippen LogP contribution in [0.4, 0.5) is 0 Å². The molecule has 0 aliphatic heterocycles. The first kappa shape index (κ1) is 19.6. The number of ether oxygens (including phenoxy) is 2. The molecule has 3 atom stereocenters. The smallest absolute Gasteiger partial charge is 0.239 e. The van der Waals surface area contributed by atoms with Gasteiger partial charge in [-0.25, -0.2) is 0 Å². The Morgan fingerprint density at radius 2 is 2.00 bits per heavy atom. The van der Waals surface area contributed by atoms with Crippen LogP contribution in [-0.2, 0) is 14.3 Å². The number of nitrogens with one attached hydrogen (secondary N) is 1. The SMILES string of the molecule is CCOC1CC(NC(=O)C(N)COC)C1(CC)CC.Cl. The largest absolute Gasteiger partial charge is 0.383 e. The molecule has 0 aromatic carbocycles. The van der Waals surface area contributed by atoms with E-state index in [1.807, 2.05) is 6.92 Å². The molecule has 1 aliphatic rings. The monoisotopic (exact) mass is 308 g/mol. The zero-order valence-corrected chi connectivity index (χ0v) is 13.8. The van der Waals surface area contributed by atoms with Crippen LogP contribution in [0.15, 0.2) is 0 Å². The number of carbonyl (C=O) groups is 1. The van der Waals surface area contributed by atoms with Gasteiger partial charge in [0, 0.05) is 25.2 Å². The van der Waals surface area contributed by atoms with E-state index in [2.05, 4.69) is 19.2 Å². The Labute approximate surface area is 128 Å². The Hall–Kier alpha value is -0.360. The minimum Gasteiger partial charge on any atom is -0.383 e. The molecule has 0 spiro atoms. The highest BCUT2D eigenvalue weighted by Gasteiger charge is 2.53. The summed E-state index contributed by atoms with van der Waals surface area (Å²) in [5.41, 5.74) is 5.81. The minimum atomic E-state index is -0.595. The van der Waals surface area contributed by atoms with Gasteiger partial charge in [-0.3, -0.25) is 4.79 Å². The Kier molecular flexibility index (Phi) is 8.66. The molecule has 0 radical (unpaired) electrons. The average molecular weight is 309 g/mol. The van der Waals surface area contributed by atoms with E-state index in [9.17, 15) is 4.79 Å². The molecule has 1 fully saturated rings. The zero-order chi connectivity index (χ0) is 14.5. The van der Waals surface area contributed by atoms with Gasteiger partial charge in [0.15, 0.2) is 0 Å². The molecule has 120 valence electrons. The topological polar surface area (TPSA) is 73.6 Å². The van der Waals surface area contributed by atoms with E-state index in [-0.39, 0.29) is 42.5 Å². The maximum Gasteiger partial charge on any atom is 0.239 e. The van der Waals surface area contributed by atoms with Crippen molar-refractivity contribution >= 4 is 18.3 Å². The Morgan fingerprint density at radius 3 is 2.45 bits per heavy atom. The summed E-state index contributed by atoms with van der Waals surface area (Å²) in [4.78, 5) is 12.0. The van der Waals surface area contributed by atoms with Crippen molar-refractivity contribution in [2.24, 2.45) is 11.1 Å².